The molecule has 1 fully saturated rings. The van der Waals surface area contributed by atoms with Crippen molar-refractivity contribution in [2.45, 2.75) is 37.6 Å². The van der Waals surface area contributed by atoms with Gasteiger partial charge in [-0.1, -0.05) is 18.5 Å². The van der Waals surface area contributed by atoms with Crippen LogP contribution in [-0.2, 0) is 23.0 Å². The maximum absolute atomic E-state index is 13.3. The maximum Gasteiger partial charge on any atom is 0.243 e. The standard InChI is InChI=1S/C17H21ClFN3O2S/c1-2-17-20-7-10-21(17)12-13-5-8-22(9-6-13)25(23,24)14-3-4-16(19)15(18)11-14/h3-4,7,10-11,13H,2,5-6,8-9,12H2,1H3. The predicted octanol–water partition coefficient (Wildman–Crippen LogP) is 3.34. The van der Waals surface area contributed by atoms with Gasteiger partial charge in [-0.25, -0.2) is 17.8 Å². The molecule has 8 heteroatoms. The number of aromatic nitrogens is 2. The van der Waals surface area contributed by atoms with E-state index in [2.05, 4.69) is 16.5 Å². The lowest BCUT2D eigenvalue weighted by Gasteiger charge is -2.31. The van der Waals surface area contributed by atoms with Crippen molar-refractivity contribution in [3.8, 4) is 0 Å². The first-order valence-corrected chi connectivity index (χ1v) is 10.2. The van der Waals surface area contributed by atoms with E-state index in [0.717, 1.165) is 37.7 Å². The average Bonchev–Trinajstić information content (AvgIpc) is 3.05. The Kier molecular flexibility index (Phi) is 5.46. The number of aryl methyl sites for hydroxylation is 1. The normalized spacial score (nSPS) is 17.1. The highest BCUT2D eigenvalue weighted by atomic mass is 35.5. The molecule has 0 radical (unpaired) electrons. The van der Waals surface area contributed by atoms with Gasteiger partial charge in [0.05, 0.1) is 9.92 Å². The number of halogens is 2. The first-order chi connectivity index (χ1) is 11.9. The molecule has 0 N–H and O–H groups in total. The zero-order chi connectivity index (χ0) is 18.0. The first kappa shape index (κ1) is 18.4. The number of benzene rings is 1. The van der Waals surface area contributed by atoms with Crippen molar-refractivity contribution in [1.82, 2.24) is 13.9 Å². The summed E-state index contributed by atoms with van der Waals surface area (Å²) in [6.45, 7) is 3.84. The number of piperidine rings is 1. The third kappa shape index (κ3) is 3.88. The summed E-state index contributed by atoms with van der Waals surface area (Å²) in [5, 5.41) is -0.178. The van der Waals surface area contributed by atoms with E-state index in [1.165, 1.54) is 16.4 Å². The molecule has 1 aromatic carbocycles. The number of hydrogen-bond donors (Lipinski definition) is 0. The van der Waals surface area contributed by atoms with Crippen LogP contribution in [0.5, 0.6) is 0 Å². The van der Waals surface area contributed by atoms with Gasteiger partial charge in [0.15, 0.2) is 0 Å². The van der Waals surface area contributed by atoms with E-state index in [-0.39, 0.29) is 9.92 Å². The fraction of sp³-hybridized carbons (Fsp3) is 0.471. The van der Waals surface area contributed by atoms with E-state index in [1.807, 2.05) is 6.20 Å². The van der Waals surface area contributed by atoms with Gasteiger partial charge < -0.3 is 4.57 Å². The minimum atomic E-state index is -3.64. The summed E-state index contributed by atoms with van der Waals surface area (Å²) < 4.78 is 42.3. The molecule has 3 rings (SSSR count). The molecular weight excluding hydrogens is 365 g/mol. The van der Waals surface area contributed by atoms with Gasteiger partial charge >= 0.3 is 0 Å². The first-order valence-electron chi connectivity index (χ1n) is 8.37. The predicted molar refractivity (Wildman–Crippen MR) is 94.5 cm³/mol. The molecule has 5 nitrogen and oxygen atoms in total. The summed E-state index contributed by atoms with van der Waals surface area (Å²) >= 11 is 5.72. The highest BCUT2D eigenvalue weighted by molar-refractivity contribution is 7.89. The summed E-state index contributed by atoms with van der Waals surface area (Å²) in [6, 6.07) is 3.53. The Morgan fingerprint density at radius 3 is 2.68 bits per heavy atom. The van der Waals surface area contributed by atoms with Crippen LogP contribution in [0.1, 0.15) is 25.6 Å². The molecule has 1 aliphatic rings. The van der Waals surface area contributed by atoms with E-state index < -0.39 is 15.8 Å². The van der Waals surface area contributed by atoms with E-state index in [0.29, 0.717) is 19.0 Å². The van der Waals surface area contributed by atoms with Gasteiger partial charge in [-0.15, -0.1) is 0 Å². The molecule has 136 valence electrons. The largest absolute Gasteiger partial charge is 0.335 e. The summed E-state index contributed by atoms with van der Waals surface area (Å²) in [5.41, 5.74) is 0. The molecule has 0 atom stereocenters. The zero-order valence-electron chi connectivity index (χ0n) is 14.0. The number of nitrogens with zero attached hydrogens (tertiary/aromatic N) is 3. The molecule has 0 saturated carbocycles. The maximum atomic E-state index is 13.3. The van der Waals surface area contributed by atoms with Crippen molar-refractivity contribution in [2.24, 2.45) is 5.92 Å². The molecule has 0 amide bonds. The second-order valence-electron chi connectivity index (χ2n) is 6.27. The minimum absolute atomic E-state index is 0.0419. The fourth-order valence-electron chi connectivity index (χ4n) is 3.22. The van der Waals surface area contributed by atoms with Crippen LogP contribution in [0, 0.1) is 11.7 Å². The quantitative estimate of drug-likeness (QED) is 0.793. The van der Waals surface area contributed by atoms with Crippen LogP contribution in [0.4, 0.5) is 4.39 Å². The van der Waals surface area contributed by atoms with Gasteiger partial charge in [0.2, 0.25) is 10.0 Å². The molecule has 1 aromatic heterocycles. The molecule has 25 heavy (non-hydrogen) atoms. The number of rotatable bonds is 5. The second-order valence-corrected chi connectivity index (χ2v) is 8.62. The Balaban J connectivity index is 1.66. The third-order valence-electron chi connectivity index (χ3n) is 4.68. The fourth-order valence-corrected chi connectivity index (χ4v) is 4.96. The lowest BCUT2D eigenvalue weighted by atomic mass is 9.98. The second kappa shape index (κ2) is 7.43. The monoisotopic (exact) mass is 385 g/mol. The number of hydrogen-bond acceptors (Lipinski definition) is 3. The smallest absolute Gasteiger partial charge is 0.243 e. The van der Waals surface area contributed by atoms with Crippen LogP contribution < -0.4 is 0 Å². The van der Waals surface area contributed by atoms with Crippen molar-refractivity contribution >= 4 is 21.6 Å². The SMILES string of the molecule is CCc1nccn1CC1CCN(S(=O)(=O)c2ccc(F)c(Cl)c2)CC1. The molecule has 0 spiro atoms. The van der Waals surface area contributed by atoms with Crippen molar-refractivity contribution in [2.75, 3.05) is 13.1 Å². The lowest BCUT2D eigenvalue weighted by molar-refractivity contribution is 0.251. The number of sulfonamides is 1. The molecular formula is C17H21ClFN3O2S. The van der Waals surface area contributed by atoms with E-state index in [1.54, 1.807) is 6.20 Å². The molecule has 0 unspecified atom stereocenters. The molecule has 1 aliphatic heterocycles. The molecule has 0 aliphatic carbocycles. The van der Waals surface area contributed by atoms with Crippen LogP contribution >= 0.6 is 11.6 Å². The van der Waals surface area contributed by atoms with Gasteiger partial charge in [0, 0.05) is 38.4 Å². The van der Waals surface area contributed by atoms with E-state index >= 15 is 0 Å². The summed E-state index contributed by atoms with van der Waals surface area (Å²) in [7, 11) is -3.64. The topological polar surface area (TPSA) is 55.2 Å². The van der Waals surface area contributed by atoms with Crippen LogP contribution in [0.2, 0.25) is 5.02 Å². The Labute approximate surface area is 152 Å². The highest BCUT2D eigenvalue weighted by Crippen LogP contribution is 2.27. The van der Waals surface area contributed by atoms with Crippen LogP contribution in [0.15, 0.2) is 35.5 Å². The van der Waals surface area contributed by atoms with Crippen LogP contribution in [0.3, 0.4) is 0 Å². The van der Waals surface area contributed by atoms with Crippen molar-refractivity contribution in [3.05, 3.63) is 47.3 Å². The Morgan fingerprint density at radius 1 is 1.32 bits per heavy atom. The number of imidazole rings is 1. The summed E-state index contributed by atoms with van der Waals surface area (Å²) in [4.78, 5) is 4.36. The Morgan fingerprint density at radius 2 is 2.04 bits per heavy atom. The summed E-state index contributed by atoms with van der Waals surface area (Å²) in [6.07, 6.45) is 6.23. The summed E-state index contributed by atoms with van der Waals surface area (Å²) in [5.74, 6) is 0.852. The van der Waals surface area contributed by atoms with Gasteiger partial charge in [0.25, 0.3) is 0 Å². The van der Waals surface area contributed by atoms with Crippen molar-refractivity contribution in [3.63, 3.8) is 0 Å². The van der Waals surface area contributed by atoms with Gasteiger partial charge in [0.1, 0.15) is 11.6 Å². The van der Waals surface area contributed by atoms with E-state index in [9.17, 15) is 12.8 Å². The highest BCUT2D eigenvalue weighted by Gasteiger charge is 2.30. The third-order valence-corrected chi connectivity index (χ3v) is 6.86. The van der Waals surface area contributed by atoms with Crippen molar-refractivity contribution in [1.29, 1.82) is 0 Å². The Bertz CT molecular complexity index is 845. The van der Waals surface area contributed by atoms with Gasteiger partial charge in [-0.05, 0) is 37.0 Å². The lowest BCUT2D eigenvalue weighted by Crippen LogP contribution is -2.39. The van der Waals surface area contributed by atoms with Crippen LogP contribution in [0.25, 0.3) is 0 Å². The zero-order valence-corrected chi connectivity index (χ0v) is 15.6. The van der Waals surface area contributed by atoms with Crippen LogP contribution in [-0.4, -0.2) is 35.4 Å². The molecule has 2 aromatic rings. The molecule has 2 heterocycles. The molecule has 1 saturated heterocycles. The minimum Gasteiger partial charge on any atom is -0.335 e. The van der Waals surface area contributed by atoms with Gasteiger partial charge in [-0.2, -0.15) is 4.31 Å². The van der Waals surface area contributed by atoms with E-state index in [4.69, 9.17) is 11.6 Å². The van der Waals surface area contributed by atoms with Crippen molar-refractivity contribution < 1.29 is 12.8 Å². The average molecular weight is 386 g/mol. The molecule has 0 bridgehead atoms. The Hall–Kier alpha value is -1.44. The van der Waals surface area contributed by atoms with Gasteiger partial charge in [-0.3, -0.25) is 0 Å².